The molecule has 2 aromatic carbocycles. The van der Waals surface area contributed by atoms with E-state index < -0.39 is 6.10 Å². The standard InChI is InChI=1S/C27H37N3O4/c1-5-26-25(19-29(16-17-32-4)18-23(31)20-33-21(2)3)27(34-24-14-10-7-11-15-24)30(28-26)22-12-8-6-9-13-22/h6-15,21,23,31H,5,16-20H2,1-4H3. The molecule has 0 saturated heterocycles. The molecule has 0 amide bonds. The number of aryl methyl sites for hydroxylation is 1. The lowest BCUT2D eigenvalue weighted by atomic mass is 10.1. The Balaban J connectivity index is 1.95. The van der Waals surface area contributed by atoms with Crippen LogP contribution >= 0.6 is 0 Å². The van der Waals surface area contributed by atoms with E-state index in [1.54, 1.807) is 7.11 Å². The first-order valence-corrected chi connectivity index (χ1v) is 11.9. The molecule has 1 aromatic heterocycles. The van der Waals surface area contributed by atoms with Gasteiger partial charge in [0.1, 0.15) is 5.75 Å². The van der Waals surface area contributed by atoms with Gasteiger partial charge in [-0.1, -0.05) is 43.3 Å². The summed E-state index contributed by atoms with van der Waals surface area (Å²) in [4.78, 5) is 2.17. The number of hydrogen-bond donors (Lipinski definition) is 1. The lowest BCUT2D eigenvalue weighted by Gasteiger charge is -2.25. The molecule has 1 atom stereocenters. The van der Waals surface area contributed by atoms with Gasteiger partial charge in [-0.05, 0) is 44.5 Å². The van der Waals surface area contributed by atoms with Crippen LogP contribution in [0.25, 0.3) is 5.69 Å². The Labute approximate surface area is 202 Å². The van der Waals surface area contributed by atoms with Crippen molar-refractivity contribution in [3.05, 3.63) is 71.9 Å². The maximum atomic E-state index is 10.6. The van der Waals surface area contributed by atoms with Crippen molar-refractivity contribution in [3.8, 4) is 17.3 Å². The molecule has 1 N–H and O–H groups in total. The number of hydrogen-bond acceptors (Lipinski definition) is 6. The Bertz CT molecular complexity index is 976. The van der Waals surface area contributed by atoms with Crippen molar-refractivity contribution >= 4 is 0 Å². The van der Waals surface area contributed by atoms with Gasteiger partial charge in [0.25, 0.3) is 0 Å². The molecule has 1 unspecified atom stereocenters. The first kappa shape index (κ1) is 25.9. The smallest absolute Gasteiger partial charge is 0.227 e. The Morgan fingerprint density at radius 1 is 1.03 bits per heavy atom. The highest BCUT2D eigenvalue weighted by Gasteiger charge is 2.23. The van der Waals surface area contributed by atoms with Gasteiger partial charge in [0.2, 0.25) is 5.88 Å². The van der Waals surface area contributed by atoms with E-state index >= 15 is 0 Å². The van der Waals surface area contributed by atoms with Gasteiger partial charge in [0.15, 0.2) is 0 Å². The lowest BCUT2D eigenvalue weighted by molar-refractivity contribution is -0.0122. The number of ether oxygens (including phenoxy) is 3. The molecule has 1 heterocycles. The van der Waals surface area contributed by atoms with Crippen molar-refractivity contribution in [2.75, 3.05) is 33.4 Å². The number of aliphatic hydroxyl groups is 1. The van der Waals surface area contributed by atoms with Crippen molar-refractivity contribution in [1.82, 2.24) is 14.7 Å². The van der Waals surface area contributed by atoms with Gasteiger partial charge in [0.05, 0.1) is 42.4 Å². The van der Waals surface area contributed by atoms with Crippen molar-refractivity contribution < 1.29 is 19.3 Å². The minimum absolute atomic E-state index is 0.0729. The summed E-state index contributed by atoms with van der Waals surface area (Å²) in [5.74, 6) is 1.43. The number of benzene rings is 2. The molecule has 3 aromatic rings. The molecule has 0 bridgehead atoms. The zero-order valence-corrected chi connectivity index (χ0v) is 20.7. The molecule has 0 aliphatic carbocycles. The Morgan fingerprint density at radius 2 is 1.71 bits per heavy atom. The zero-order chi connectivity index (χ0) is 24.3. The summed E-state index contributed by atoms with van der Waals surface area (Å²) in [5.41, 5.74) is 2.90. The van der Waals surface area contributed by atoms with Gasteiger partial charge in [-0.3, -0.25) is 4.90 Å². The molecule has 7 heteroatoms. The quantitative estimate of drug-likeness (QED) is 0.378. The highest BCUT2D eigenvalue weighted by Crippen LogP contribution is 2.32. The van der Waals surface area contributed by atoms with E-state index in [9.17, 15) is 5.11 Å². The molecule has 0 spiro atoms. The van der Waals surface area contributed by atoms with Crippen molar-refractivity contribution in [2.45, 2.75) is 45.9 Å². The van der Waals surface area contributed by atoms with Gasteiger partial charge in [-0.25, -0.2) is 4.68 Å². The minimum atomic E-state index is -0.605. The summed E-state index contributed by atoms with van der Waals surface area (Å²) in [6.07, 6.45) is 0.230. The zero-order valence-electron chi connectivity index (χ0n) is 20.7. The van der Waals surface area contributed by atoms with Crippen LogP contribution in [-0.2, 0) is 22.4 Å². The van der Waals surface area contributed by atoms with Crippen LogP contribution in [-0.4, -0.2) is 65.4 Å². The Kier molecular flexibility index (Phi) is 10.1. The van der Waals surface area contributed by atoms with E-state index in [1.807, 2.05) is 79.2 Å². The summed E-state index contributed by atoms with van der Waals surface area (Å²) in [6.45, 7) is 8.57. The predicted molar refractivity (Wildman–Crippen MR) is 134 cm³/mol. The first-order valence-electron chi connectivity index (χ1n) is 11.9. The Hall–Kier alpha value is -2.71. The average Bonchev–Trinajstić information content (AvgIpc) is 3.19. The molecule has 0 aliphatic heterocycles. The Morgan fingerprint density at radius 3 is 2.32 bits per heavy atom. The molecule has 3 rings (SSSR count). The molecule has 184 valence electrons. The molecule has 7 nitrogen and oxygen atoms in total. The van der Waals surface area contributed by atoms with E-state index in [1.165, 1.54) is 0 Å². The van der Waals surface area contributed by atoms with Crippen LogP contribution in [0.2, 0.25) is 0 Å². The third-order valence-electron chi connectivity index (χ3n) is 5.40. The number of aliphatic hydroxyl groups excluding tert-OH is 1. The van der Waals surface area contributed by atoms with Crippen LogP contribution in [0, 0.1) is 0 Å². The SMILES string of the molecule is CCc1nn(-c2ccccc2)c(Oc2ccccc2)c1CN(CCOC)CC(O)COC(C)C. The number of para-hydroxylation sites is 2. The summed E-state index contributed by atoms with van der Waals surface area (Å²) < 4.78 is 19.3. The lowest BCUT2D eigenvalue weighted by Crippen LogP contribution is -2.37. The summed E-state index contributed by atoms with van der Waals surface area (Å²) in [6, 6.07) is 19.7. The van der Waals surface area contributed by atoms with Gasteiger partial charge in [0, 0.05) is 26.7 Å². The van der Waals surface area contributed by atoms with E-state index in [-0.39, 0.29) is 6.10 Å². The van der Waals surface area contributed by atoms with Crippen molar-refractivity contribution in [2.24, 2.45) is 0 Å². The second kappa shape index (κ2) is 13.2. The highest BCUT2D eigenvalue weighted by molar-refractivity contribution is 5.43. The molecular formula is C27H37N3O4. The van der Waals surface area contributed by atoms with Crippen LogP contribution in [0.15, 0.2) is 60.7 Å². The molecule has 0 fully saturated rings. The number of aromatic nitrogens is 2. The fraction of sp³-hybridized carbons (Fsp3) is 0.444. The van der Waals surface area contributed by atoms with Crippen LogP contribution in [0.1, 0.15) is 32.0 Å². The van der Waals surface area contributed by atoms with Crippen LogP contribution < -0.4 is 4.74 Å². The van der Waals surface area contributed by atoms with E-state index in [0.29, 0.717) is 38.7 Å². The fourth-order valence-corrected chi connectivity index (χ4v) is 3.70. The predicted octanol–water partition coefficient (Wildman–Crippen LogP) is 4.46. The normalized spacial score (nSPS) is 12.4. The monoisotopic (exact) mass is 467 g/mol. The second-order valence-electron chi connectivity index (χ2n) is 8.51. The van der Waals surface area contributed by atoms with Gasteiger partial charge >= 0.3 is 0 Å². The third-order valence-corrected chi connectivity index (χ3v) is 5.40. The topological polar surface area (TPSA) is 69.0 Å². The van der Waals surface area contributed by atoms with Crippen LogP contribution in [0.5, 0.6) is 11.6 Å². The number of nitrogens with zero attached hydrogens (tertiary/aromatic N) is 3. The number of rotatable bonds is 14. The van der Waals surface area contributed by atoms with Crippen LogP contribution in [0.3, 0.4) is 0 Å². The fourth-order valence-electron chi connectivity index (χ4n) is 3.70. The highest BCUT2D eigenvalue weighted by atomic mass is 16.5. The largest absolute Gasteiger partial charge is 0.439 e. The summed E-state index contributed by atoms with van der Waals surface area (Å²) in [5, 5.41) is 15.5. The van der Waals surface area contributed by atoms with Crippen molar-refractivity contribution in [3.63, 3.8) is 0 Å². The maximum absolute atomic E-state index is 10.6. The molecule has 34 heavy (non-hydrogen) atoms. The molecule has 0 aliphatic rings. The van der Waals surface area contributed by atoms with Crippen LogP contribution in [0.4, 0.5) is 0 Å². The molecule has 0 radical (unpaired) electrons. The van der Waals surface area contributed by atoms with E-state index in [4.69, 9.17) is 19.3 Å². The maximum Gasteiger partial charge on any atom is 0.227 e. The van der Waals surface area contributed by atoms with Gasteiger partial charge in [-0.2, -0.15) is 5.10 Å². The van der Waals surface area contributed by atoms with Gasteiger partial charge < -0.3 is 19.3 Å². The van der Waals surface area contributed by atoms with Gasteiger partial charge in [-0.15, -0.1) is 0 Å². The minimum Gasteiger partial charge on any atom is -0.439 e. The molecule has 0 saturated carbocycles. The average molecular weight is 468 g/mol. The summed E-state index contributed by atoms with van der Waals surface area (Å²) in [7, 11) is 1.69. The van der Waals surface area contributed by atoms with Crippen molar-refractivity contribution in [1.29, 1.82) is 0 Å². The second-order valence-corrected chi connectivity index (χ2v) is 8.51. The number of methoxy groups -OCH3 is 1. The third kappa shape index (κ3) is 7.40. The van der Waals surface area contributed by atoms with E-state index in [2.05, 4.69) is 11.8 Å². The summed E-state index contributed by atoms with van der Waals surface area (Å²) >= 11 is 0. The first-order chi connectivity index (χ1) is 16.5. The van der Waals surface area contributed by atoms with E-state index in [0.717, 1.165) is 29.1 Å². The molecular weight excluding hydrogens is 430 g/mol.